The average Bonchev–Trinajstić information content (AvgIpc) is 3.45. The van der Waals surface area contributed by atoms with Gasteiger partial charge in [0.1, 0.15) is 12.1 Å². The maximum Gasteiger partial charge on any atom is 0.290 e. The summed E-state index contributed by atoms with van der Waals surface area (Å²) in [7, 11) is 1.93. The van der Waals surface area contributed by atoms with Crippen molar-refractivity contribution in [1.82, 2.24) is 19.4 Å². The molecule has 4 aliphatic rings. The number of aliphatic hydroxyl groups excluding tert-OH is 1. The van der Waals surface area contributed by atoms with E-state index >= 15 is 0 Å². The highest BCUT2D eigenvalue weighted by Crippen LogP contribution is 2.43. The number of anilines is 1. The van der Waals surface area contributed by atoms with Crippen LogP contribution in [-0.2, 0) is 11.8 Å². The third-order valence-corrected chi connectivity index (χ3v) is 8.33. The first kappa shape index (κ1) is 21.9. The first-order valence-corrected chi connectivity index (χ1v) is 13.0. The summed E-state index contributed by atoms with van der Waals surface area (Å²) in [5, 5.41) is 9.79. The molecule has 0 atom stereocenters. The molecule has 1 aromatic carbocycles. The van der Waals surface area contributed by atoms with Gasteiger partial charge in [0, 0.05) is 39.3 Å². The number of nitrogens with zero attached hydrogens (tertiary/aromatic N) is 5. The van der Waals surface area contributed by atoms with Crippen LogP contribution in [0.2, 0.25) is 0 Å². The van der Waals surface area contributed by atoms with Crippen LogP contribution in [0.3, 0.4) is 0 Å². The van der Waals surface area contributed by atoms with Crippen LogP contribution in [0.15, 0.2) is 12.1 Å². The van der Waals surface area contributed by atoms with Gasteiger partial charge in [-0.15, -0.1) is 0 Å². The molecule has 182 valence electrons. The molecule has 2 saturated carbocycles. The van der Waals surface area contributed by atoms with Crippen molar-refractivity contribution in [3.8, 4) is 0 Å². The molecule has 6 rings (SSSR count). The Balaban J connectivity index is 1.25. The standard InChI is InChI=1S/C26H35N5O3/c1-28-21-14-18(17-4-5-17)15-22(29-10-2-3-11-29)24(21)27-25(28)26(34)30-12-13-31(23(33)16-30)19-6-8-20(32)9-7-19/h14-15,17,19-20,32H,2-13,16H2,1H3. The van der Waals surface area contributed by atoms with Crippen LogP contribution >= 0.6 is 0 Å². The van der Waals surface area contributed by atoms with Gasteiger partial charge < -0.3 is 24.4 Å². The minimum Gasteiger partial charge on any atom is -0.393 e. The van der Waals surface area contributed by atoms with Crippen LogP contribution in [0, 0.1) is 0 Å². The zero-order chi connectivity index (χ0) is 23.4. The fraction of sp³-hybridized carbons (Fsp3) is 0.654. The van der Waals surface area contributed by atoms with Crippen LogP contribution in [0.4, 0.5) is 5.69 Å². The topological polar surface area (TPSA) is 81.9 Å². The van der Waals surface area contributed by atoms with E-state index in [0.717, 1.165) is 55.5 Å². The molecule has 8 heteroatoms. The van der Waals surface area contributed by atoms with Crippen LogP contribution < -0.4 is 4.90 Å². The summed E-state index contributed by atoms with van der Waals surface area (Å²) in [4.78, 5) is 37.4. The zero-order valence-corrected chi connectivity index (χ0v) is 20.1. The lowest BCUT2D eigenvalue weighted by molar-refractivity contribution is -0.138. The number of imidazole rings is 1. The number of rotatable bonds is 4. The minimum absolute atomic E-state index is 0.00790. The van der Waals surface area contributed by atoms with Gasteiger partial charge in [-0.1, -0.05) is 0 Å². The van der Waals surface area contributed by atoms with Crippen molar-refractivity contribution >= 4 is 28.5 Å². The molecular formula is C26H35N5O3. The average molecular weight is 466 g/mol. The molecule has 8 nitrogen and oxygen atoms in total. The highest BCUT2D eigenvalue weighted by atomic mass is 16.3. The summed E-state index contributed by atoms with van der Waals surface area (Å²) in [6.07, 6.45) is 7.81. The van der Waals surface area contributed by atoms with Gasteiger partial charge in [-0.25, -0.2) is 4.98 Å². The summed E-state index contributed by atoms with van der Waals surface area (Å²) >= 11 is 0. The number of carbonyl (C=O) groups excluding carboxylic acids is 2. The highest BCUT2D eigenvalue weighted by Gasteiger charge is 2.35. The summed E-state index contributed by atoms with van der Waals surface area (Å²) in [6.45, 7) is 3.27. The zero-order valence-electron chi connectivity index (χ0n) is 20.1. The van der Waals surface area contributed by atoms with Gasteiger partial charge in [-0.05, 0) is 75.0 Å². The van der Waals surface area contributed by atoms with Crippen molar-refractivity contribution < 1.29 is 14.7 Å². The molecule has 2 aliphatic carbocycles. The number of aryl methyl sites for hydroxylation is 1. The second-order valence-corrected chi connectivity index (χ2v) is 10.6. The maximum atomic E-state index is 13.6. The number of piperazine rings is 1. The van der Waals surface area contributed by atoms with Crippen molar-refractivity contribution in [1.29, 1.82) is 0 Å². The molecule has 2 amide bonds. The van der Waals surface area contributed by atoms with E-state index in [9.17, 15) is 14.7 Å². The summed E-state index contributed by atoms with van der Waals surface area (Å²) in [5.41, 5.74) is 4.44. The molecule has 0 spiro atoms. The molecule has 1 N–H and O–H groups in total. The van der Waals surface area contributed by atoms with Gasteiger partial charge in [0.25, 0.3) is 5.91 Å². The van der Waals surface area contributed by atoms with Gasteiger partial charge >= 0.3 is 0 Å². The van der Waals surface area contributed by atoms with Crippen LogP contribution in [0.25, 0.3) is 11.0 Å². The molecule has 4 fully saturated rings. The van der Waals surface area contributed by atoms with E-state index in [-0.39, 0.29) is 30.5 Å². The lowest BCUT2D eigenvalue weighted by Crippen LogP contribution is -2.56. The molecule has 2 aromatic rings. The number of benzene rings is 1. The Hall–Kier alpha value is -2.61. The minimum atomic E-state index is -0.238. The number of hydrogen-bond donors (Lipinski definition) is 1. The van der Waals surface area contributed by atoms with E-state index in [4.69, 9.17) is 4.98 Å². The third kappa shape index (κ3) is 3.85. The summed E-state index contributed by atoms with van der Waals surface area (Å²) < 4.78 is 1.93. The van der Waals surface area contributed by atoms with E-state index in [2.05, 4.69) is 17.0 Å². The van der Waals surface area contributed by atoms with E-state index in [1.54, 1.807) is 4.90 Å². The molecular weight excluding hydrogens is 430 g/mol. The number of fused-ring (bicyclic) bond motifs is 1. The Morgan fingerprint density at radius 3 is 2.41 bits per heavy atom. The second kappa shape index (κ2) is 8.56. The monoisotopic (exact) mass is 465 g/mol. The molecule has 3 heterocycles. The van der Waals surface area contributed by atoms with Gasteiger partial charge in [0.2, 0.25) is 5.91 Å². The van der Waals surface area contributed by atoms with Crippen molar-refractivity contribution in [2.24, 2.45) is 7.05 Å². The molecule has 0 bridgehead atoms. The van der Waals surface area contributed by atoms with Gasteiger partial charge in [-0.3, -0.25) is 9.59 Å². The van der Waals surface area contributed by atoms with Crippen LogP contribution in [0.1, 0.15) is 73.5 Å². The van der Waals surface area contributed by atoms with Gasteiger partial charge in [-0.2, -0.15) is 0 Å². The fourth-order valence-electron chi connectivity index (χ4n) is 6.09. The van der Waals surface area contributed by atoms with E-state index in [0.29, 0.717) is 24.8 Å². The Bertz CT molecular complexity index is 1110. The largest absolute Gasteiger partial charge is 0.393 e. The van der Waals surface area contributed by atoms with Crippen molar-refractivity contribution in [2.75, 3.05) is 37.6 Å². The Morgan fingerprint density at radius 2 is 1.74 bits per heavy atom. The number of aromatic nitrogens is 2. The number of carbonyl (C=O) groups is 2. The van der Waals surface area contributed by atoms with Gasteiger partial charge in [0.15, 0.2) is 5.82 Å². The highest BCUT2D eigenvalue weighted by molar-refractivity contribution is 6.00. The van der Waals surface area contributed by atoms with Crippen LogP contribution in [-0.4, -0.2) is 81.1 Å². The van der Waals surface area contributed by atoms with Crippen molar-refractivity contribution in [3.63, 3.8) is 0 Å². The number of hydrogen-bond acceptors (Lipinski definition) is 5. The maximum absolute atomic E-state index is 13.6. The third-order valence-electron chi connectivity index (χ3n) is 8.33. The molecule has 2 saturated heterocycles. The van der Waals surface area contributed by atoms with E-state index in [1.165, 1.54) is 31.2 Å². The molecule has 0 unspecified atom stereocenters. The summed E-state index contributed by atoms with van der Waals surface area (Å²) in [6, 6.07) is 4.71. The summed E-state index contributed by atoms with van der Waals surface area (Å²) in [5.74, 6) is 0.900. The van der Waals surface area contributed by atoms with Crippen LogP contribution in [0.5, 0.6) is 0 Å². The Labute approximate surface area is 200 Å². The SMILES string of the molecule is Cn1c(C(=O)N2CCN(C3CCC(O)CC3)C(=O)C2)nc2c(N3CCCC3)cc(C3CC3)cc21. The molecule has 34 heavy (non-hydrogen) atoms. The fourth-order valence-corrected chi connectivity index (χ4v) is 6.09. The lowest BCUT2D eigenvalue weighted by atomic mass is 9.91. The number of amides is 2. The van der Waals surface area contributed by atoms with Gasteiger partial charge in [0.05, 0.1) is 17.3 Å². The molecule has 2 aliphatic heterocycles. The number of aliphatic hydroxyl groups is 1. The van der Waals surface area contributed by atoms with E-state index < -0.39 is 0 Å². The Morgan fingerprint density at radius 1 is 1.00 bits per heavy atom. The lowest BCUT2D eigenvalue weighted by Gasteiger charge is -2.41. The first-order chi connectivity index (χ1) is 16.5. The molecule has 1 aromatic heterocycles. The quantitative estimate of drug-likeness (QED) is 0.751. The first-order valence-electron chi connectivity index (χ1n) is 13.0. The Kier molecular flexibility index (Phi) is 5.51. The van der Waals surface area contributed by atoms with Crippen molar-refractivity contribution in [3.05, 3.63) is 23.5 Å². The smallest absolute Gasteiger partial charge is 0.290 e. The second-order valence-electron chi connectivity index (χ2n) is 10.6. The molecule has 0 radical (unpaired) electrons. The normalized spacial score (nSPS) is 26.1. The predicted octanol–water partition coefficient (Wildman–Crippen LogP) is 2.64. The predicted molar refractivity (Wildman–Crippen MR) is 130 cm³/mol. The van der Waals surface area contributed by atoms with Crippen molar-refractivity contribution in [2.45, 2.75) is 69.4 Å². The van der Waals surface area contributed by atoms with E-state index in [1.807, 2.05) is 16.5 Å².